The van der Waals surface area contributed by atoms with Gasteiger partial charge >= 0.3 is 6.09 Å². The number of aliphatic hydroxyl groups excluding tert-OH is 2. The Balaban J connectivity index is 0.000000211. The zero-order chi connectivity index (χ0) is 25.3. The van der Waals surface area contributed by atoms with E-state index in [-0.39, 0.29) is 19.3 Å². The number of anilines is 2. The fourth-order valence-corrected chi connectivity index (χ4v) is 4.02. The Morgan fingerprint density at radius 3 is 1.60 bits per heavy atom. The number of nitrogens with one attached hydrogen (secondary N) is 1. The number of hydrogen-bond acceptors (Lipinski definition) is 7. The van der Waals surface area contributed by atoms with Crippen molar-refractivity contribution in [3.63, 3.8) is 0 Å². The van der Waals surface area contributed by atoms with E-state index >= 15 is 0 Å². The normalized spacial score (nSPS) is 16.4. The van der Waals surface area contributed by atoms with E-state index in [1.807, 2.05) is 57.2 Å². The Hall–Kier alpha value is -2.81. The molecule has 2 aromatic carbocycles. The number of carbonyl (C=O) groups excluding carboxylic acids is 1. The number of ether oxygens (including phenoxy) is 1. The summed E-state index contributed by atoms with van der Waals surface area (Å²) >= 11 is 0. The molecule has 0 spiro atoms. The number of amides is 1. The van der Waals surface area contributed by atoms with E-state index in [4.69, 9.17) is 14.9 Å². The molecule has 2 aliphatic rings. The summed E-state index contributed by atoms with van der Waals surface area (Å²) in [5, 5.41) is 21.3. The molecule has 1 amide bonds. The number of rotatable bonds is 4. The molecule has 8 nitrogen and oxygen atoms in total. The van der Waals surface area contributed by atoms with Crippen LogP contribution >= 0.6 is 0 Å². The predicted molar refractivity (Wildman–Crippen MR) is 140 cm³/mol. The first-order chi connectivity index (χ1) is 16.8. The molecule has 0 atom stereocenters. The quantitative estimate of drug-likeness (QED) is 0.615. The van der Waals surface area contributed by atoms with Gasteiger partial charge in [0, 0.05) is 63.7 Å². The van der Waals surface area contributed by atoms with Crippen LogP contribution in [0.4, 0.5) is 16.2 Å². The van der Waals surface area contributed by atoms with E-state index < -0.39 is 5.60 Å². The Morgan fingerprint density at radius 1 is 0.771 bits per heavy atom. The number of aliphatic hydroxyl groups is 2. The van der Waals surface area contributed by atoms with Crippen LogP contribution < -0.4 is 15.1 Å². The second kappa shape index (κ2) is 12.8. The molecule has 0 aliphatic carbocycles. The van der Waals surface area contributed by atoms with Crippen molar-refractivity contribution in [2.75, 3.05) is 62.2 Å². The van der Waals surface area contributed by atoms with Crippen LogP contribution in [0.1, 0.15) is 31.9 Å². The Morgan fingerprint density at radius 2 is 1.20 bits per heavy atom. The highest BCUT2D eigenvalue weighted by Crippen LogP contribution is 2.19. The lowest BCUT2D eigenvalue weighted by atomic mass is 10.2. The average molecular weight is 485 g/mol. The Bertz CT molecular complexity index is 898. The average Bonchev–Trinajstić information content (AvgIpc) is 2.89. The van der Waals surface area contributed by atoms with Crippen LogP contribution in [0.25, 0.3) is 0 Å². The minimum Gasteiger partial charge on any atom is -0.444 e. The van der Waals surface area contributed by atoms with Crippen LogP contribution in [0.2, 0.25) is 0 Å². The van der Waals surface area contributed by atoms with Gasteiger partial charge in [0.25, 0.3) is 0 Å². The third kappa shape index (κ3) is 8.42. The van der Waals surface area contributed by atoms with Gasteiger partial charge in [0.2, 0.25) is 0 Å². The summed E-state index contributed by atoms with van der Waals surface area (Å²) in [4.78, 5) is 18.3. The molecule has 2 aliphatic heterocycles. The van der Waals surface area contributed by atoms with Crippen molar-refractivity contribution in [1.82, 2.24) is 10.2 Å². The van der Waals surface area contributed by atoms with Crippen molar-refractivity contribution in [3.05, 3.63) is 59.7 Å². The second-order valence-corrected chi connectivity index (χ2v) is 9.84. The Labute approximate surface area is 209 Å². The molecule has 2 fully saturated rings. The van der Waals surface area contributed by atoms with E-state index in [9.17, 15) is 4.79 Å². The first-order valence-corrected chi connectivity index (χ1v) is 12.4. The molecule has 192 valence electrons. The van der Waals surface area contributed by atoms with Crippen molar-refractivity contribution in [3.8, 4) is 0 Å². The maximum absolute atomic E-state index is 12.0. The van der Waals surface area contributed by atoms with Crippen molar-refractivity contribution in [2.45, 2.75) is 39.6 Å². The predicted octanol–water partition coefficient (Wildman–Crippen LogP) is 2.82. The molecule has 35 heavy (non-hydrogen) atoms. The first-order valence-electron chi connectivity index (χ1n) is 12.4. The number of nitrogens with zero attached hydrogens (tertiary/aromatic N) is 3. The smallest absolute Gasteiger partial charge is 0.410 e. The number of piperazine rings is 2. The van der Waals surface area contributed by atoms with Gasteiger partial charge in [0.15, 0.2) is 0 Å². The highest BCUT2D eigenvalue weighted by Gasteiger charge is 2.25. The number of carbonyl (C=O) groups is 1. The summed E-state index contributed by atoms with van der Waals surface area (Å²) in [6, 6.07) is 16.0. The minimum absolute atomic E-state index is 0.0622. The van der Waals surface area contributed by atoms with Gasteiger partial charge in [-0.2, -0.15) is 0 Å². The van der Waals surface area contributed by atoms with E-state index in [2.05, 4.69) is 27.2 Å². The lowest BCUT2D eigenvalue weighted by Crippen LogP contribution is -2.50. The molecule has 0 aromatic heterocycles. The van der Waals surface area contributed by atoms with Crippen LogP contribution in [0.5, 0.6) is 0 Å². The van der Waals surface area contributed by atoms with Crippen LogP contribution in [0, 0.1) is 0 Å². The zero-order valence-electron chi connectivity index (χ0n) is 21.2. The van der Waals surface area contributed by atoms with Crippen LogP contribution in [-0.2, 0) is 18.0 Å². The fraction of sp³-hybridized carbons (Fsp3) is 0.519. The third-order valence-electron chi connectivity index (χ3n) is 6.02. The lowest BCUT2D eigenvalue weighted by molar-refractivity contribution is 0.0240. The number of benzene rings is 2. The standard InChI is InChI=1S/C16H24N2O3.C11H16N2O/c1-16(2,3)21-15(20)18-10-8-17(9-11-18)14-6-4-13(12-19)5-7-14;14-9-10-1-3-11(4-2-10)13-7-5-12-6-8-13/h4-7,19H,8-12H2,1-3H3;1-4,12,14H,5-9H2. The molecule has 0 bridgehead atoms. The van der Waals surface area contributed by atoms with Crippen LogP contribution in [0.3, 0.4) is 0 Å². The fourth-order valence-electron chi connectivity index (χ4n) is 4.02. The molecular formula is C27H40N4O4. The molecule has 0 unspecified atom stereocenters. The first kappa shape index (κ1) is 26.8. The molecule has 3 N–H and O–H groups in total. The van der Waals surface area contributed by atoms with E-state index in [0.29, 0.717) is 13.1 Å². The van der Waals surface area contributed by atoms with Gasteiger partial charge in [-0.05, 0) is 56.2 Å². The monoisotopic (exact) mass is 484 g/mol. The van der Waals surface area contributed by atoms with Gasteiger partial charge in [-0.25, -0.2) is 4.79 Å². The maximum atomic E-state index is 12.0. The summed E-state index contributed by atoms with van der Waals surface area (Å²) < 4.78 is 5.39. The molecule has 0 saturated carbocycles. The van der Waals surface area contributed by atoms with Gasteiger partial charge in [0.1, 0.15) is 5.60 Å². The summed E-state index contributed by atoms with van der Waals surface area (Å²) in [5.41, 5.74) is 3.81. The third-order valence-corrected chi connectivity index (χ3v) is 6.02. The number of hydrogen-bond donors (Lipinski definition) is 3. The van der Waals surface area contributed by atoms with Crippen molar-refractivity contribution in [2.24, 2.45) is 0 Å². The van der Waals surface area contributed by atoms with Gasteiger partial charge in [0.05, 0.1) is 13.2 Å². The molecule has 2 heterocycles. The highest BCUT2D eigenvalue weighted by molar-refractivity contribution is 5.68. The van der Waals surface area contributed by atoms with Gasteiger partial charge < -0.3 is 35.0 Å². The molecule has 2 aromatic rings. The highest BCUT2D eigenvalue weighted by atomic mass is 16.6. The zero-order valence-corrected chi connectivity index (χ0v) is 21.2. The SMILES string of the molecule is CC(C)(C)OC(=O)N1CCN(c2ccc(CO)cc2)CC1.OCc1ccc(N2CCNCC2)cc1. The van der Waals surface area contributed by atoms with Crippen molar-refractivity contribution in [1.29, 1.82) is 0 Å². The van der Waals surface area contributed by atoms with E-state index in [0.717, 1.165) is 56.1 Å². The summed E-state index contributed by atoms with van der Waals surface area (Å²) in [6.45, 7) is 13.0. The van der Waals surface area contributed by atoms with Crippen LogP contribution in [0.15, 0.2) is 48.5 Å². The topological polar surface area (TPSA) is 88.5 Å². The largest absolute Gasteiger partial charge is 0.444 e. The molecule has 0 radical (unpaired) electrons. The lowest BCUT2D eigenvalue weighted by Gasteiger charge is -2.36. The van der Waals surface area contributed by atoms with Gasteiger partial charge in [-0.3, -0.25) is 0 Å². The molecule has 8 heteroatoms. The summed E-state index contributed by atoms with van der Waals surface area (Å²) in [5.74, 6) is 0. The molecule has 4 rings (SSSR count). The molecule has 2 saturated heterocycles. The van der Waals surface area contributed by atoms with E-state index in [1.54, 1.807) is 4.90 Å². The second-order valence-electron chi connectivity index (χ2n) is 9.84. The Kier molecular flexibility index (Phi) is 9.77. The van der Waals surface area contributed by atoms with Gasteiger partial charge in [-0.15, -0.1) is 0 Å². The van der Waals surface area contributed by atoms with Crippen LogP contribution in [-0.4, -0.2) is 79.2 Å². The summed E-state index contributed by atoms with van der Waals surface area (Å²) in [7, 11) is 0. The maximum Gasteiger partial charge on any atom is 0.410 e. The van der Waals surface area contributed by atoms with E-state index in [1.165, 1.54) is 5.69 Å². The van der Waals surface area contributed by atoms with Crippen molar-refractivity contribution >= 4 is 17.5 Å². The van der Waals surface area contributed by atoms with Gasteiger partial charge in [-0.1, -0.05) is 24.3 Å². The minimum atomic E-state index is -0.450. The summed E-state index contributed by atoms with van der Waals surface area (Å²) in [6.07, 6.45) is -0.238. The van der Waals surface area contributed by atoms with Crippen molar-refractivity contribution < 1.29 is 19.7 Å². The molecular weight excluding hydrogens is 444 g/mol.